The lowest BCUT2D eigenvalue weighted by Crippen LogP contribution is -2.40. The van der Waals surface area contributed by atoms with E-state index in [4.69, 9.17) is 4.84 Å². The summed E-state index contributed by atoms with van der Waals surface area (Å²) in [7, 11) is -3.57. The van der Waals surface area contributed by atoms with Gasteiger partial charge in [0.25, 0.3) is 11.8 Å². The molecule has 1 saturated heterocycles. The number of carbonyl (C=O) groups is 2. The van der Waals surface area contributed by atoms with Gasteiger partial charge in [-0.2, -0.15) is 5.06 Å². The Labute approximate surface area is 94.4 Å². The molecule has 1 aliphatic rings. The quantitative estimate of drug-likeness (QED) is 0.551. The smallest absolute Gasteiger partial charge is 0.271 e. The topological polar surface area (TPSA) is 83.9 Å². The summed E-state index contributed by atoms with van der Waals surface area (Å²) in [5.74, 6) is 1.58. The lowest BCUT2D eigenvalue weighted by atomic mass is 10.2. The van der Waals surface area contributed by atoms with Crippen molar-refractivity contribution < 1.29 is 23.2 Å². The lowest BCUT2D eigenvalue weighted by molar-refractivity contribution is -0.218. The number of rotatable bonds is 2. The first-order chi connectivity index (χ1) is 7.02. The summed E-state index contributed by atoms with van der Waals surface area (Å²) in [5.41, 5.74) is -0.724. The Morgan fingerprint density at radius 3 is 2.31 bits per heavy atom. The van der Waals surface area contributed by atoms with Crippen molar-refractivity contribution in [2.24, 2.45) is 0 Å². The molecule has 0 aliphatic carbocycles. The second kappa shape index (κ2) is 3.83. The van der Waals surface area contributed by atoms with Crippen molar-refractivity contribution >= 4 is 27.5 Å². The summed E-state index contributed by atoms with van der Waals surface area (Å²) in [5, 5.41) is -0.742. The molecule has 0 bridgehead atoms. The molecule has 2 atom stereocenters. The number of hydrogen-bond donors (Lipinski definition) is 1. The highest BCUT2D eigenvalue weighted by atomic mass is 32.2. The fraction of sp³-hybridized carbons (Fsp3) is 0.667. The average Bonchev–Trinajstić information content (AvgIpc) is 2.28. The van der Waals surface area contributed by atoms with E-state index in [2.05, 4.69) is 5.87 Å². The second-order valence-electron chi connectivity index (χ2n) is 4.61. The normalized spacial score (nSPS) is 26.0. The third-order valence-corrected chi connectivity index (χ3v) is 3.13. The predicted molar refractivity (Wildman–Crippen MR) is 59.0 cm³/mol. The minimum Gasteiger partial charge on any atom is -0.313 e. The Kier molecular flexibility index (Phi) is 3.15. The molecular formula is C9H15NO5S. The molecule has 1 N–H and O–H groups in total. The van der Waals surface area contributed by atoms with Gasteiger partial charge < -0.3 is 4.55 Å². The zero-order valence-corrected chi connectivity index (χ0v) is 10.2. The van der Waals surface area contributed by atoms with Crippen LogP contribution in [0.5, 0.6) is 0 Å². The highest BCUT2D eigenvalue weighted by molar-refractivity contribution is 7.96. The first-order valence-corrected chi connectivity index (χ1v) is 6.41. The molecule has 0 radical (unpaired) electrons. The number of hydrogen-bond acceptors (Lipinski definition) is 4. The van der Waals surface area contributed by atoms with Gasteiger partial charge in [-0.1, -0.05) is 0 Å². The Morgan fingerprint density at radius 2 is 2.00 bits per heavy atom. The summed E-state index contributed by atoms with van der Waals surface area (Å²) < 4.78 is 20.4. The molecule has 0 saturated carbocycles. The molecule has 6 nitrogen and oxygen atoms in total. The molecule has 1 fully saturated rings. The molecule has 0 spiro atoms. The SMILES string of the molecule is C=S(=O)(O)C1CC(=O)N(OC(C)(C)C)C1=O. The van der Waals surface area contributed by atoms with E-state index in [-0.39, 0.29) is 6.42 Å². The number of imide groups is 1. The highest BCUT2D eigenvalue weighted by Crippen LogP contribution is 2.23. The summed E-state index contributed by atoms with van der Waals surface area (Å²) in [4.78, 5) is 28.2. The van der Waals surface area contributed by atoms with Crippen LogP contribution in [0, 0.1) is 0 Å². The van der Waals surface area contributed by atoms with Crippen LogP contribution in [0.2, 0.25) is 0 Å². The molecule has 0 aromatic heterocycles. The van der Waals surface area contributed by atoms with Crippen LogP contribution in [0.3, 0.4) is 0 Å². The highest BCUT2D eigenvalue weighted by Gasteiger charge is 2.45. The fourth-order valence-corrected chi connectivity index (χ4v) is 2.05. The van der Waals surface area contributed by atoms with E-state index in [1.807, 2.05) is 0 Å². The van der Waals surface area contributed by atoms with Gasteiger partial charge >= 0.3 is 0 Å². The second-order valence-corrected chi connectivity index (χ2v) is 6.56. The van der Waals surface area contributed by atoms with E-state index in [1.165, 1.54) is 0 Å². The van der Waals surface area contributed by atoms with E-state index in [1.54, 1.807) is 20.8 Å². The minimum absolute atomic E-state index is 0.340. The molecule has 92 valence electrons. The van der Waals surface area contributed by atoms with Crippen LogP contribution in [0.25, 0.3) is 0 Å². The van der Waals surface area contributed by atoms with Crippen molar-refractivity contribution in [2.75, 3.05) is 0 Å². The van der Waals surface area contributed by atoms with Crippen LogP contribution >= 0.6 is 0 Å². The molecule has 0 aromatic rings. The van der Waals surface area contributed by atoms with Crippen LogP contribution in [-0.2, 0) is 24.2 Å². The maximum Gasteiger partial charge on any atom is 0.271 e. The summed E-state index contributed by atoms with van der Waals surface area (Å²) in [6.07, 6.45) is -0.340. The van der Waals surface area contributed by atoms with Gasteiger partial charge in [0.2, 0.25) is 0 Å². The number of carbonyl (C=O) groups excluding carboxylic acids is 2. The number of nitrogens with zero attached hydrogens (tertiary/aromatic N) is 1. The lowest BCUT2D eigenvalue weighted by Gasteiger charge is -2.24. The number of hydroxylamine groups is 2. The van der Waals surface area contributed by atoms with Crippen molar-refractivity contribution in [3.8, 4) is 0 Å². The molecule has 7 heteroatoms. The molecular weight excluding hydrogens is 234 g/mol. The van der Waals surface area contributed by atoms with Crippen molar-refractivity contribution in [1.29, 1.82) is 0 Å². The first-order valence-electron chi connectivity index (χ1n) is 4.67. The van der Waals surface area contributed by atoms with Crippen molar-refractivity contribution in [3.05, 3.63) is 0 Å². The van der Waals surface area contributed by atoms with Gasteiger partial charge in [-0.05, 0) is 26.6 Å². The summed E-state index contributed by atoms with van der Waals surface area (Å²) >= 11 is 0. The van der Waals surface area contributed by atoms with E-state index >= 15 is 0 Å². The van der Waals surface area contributed by atoms with Crippen LogP contribution in [0.15, 0.2) is 0 Å². The maximum atomic E-state index is 11.6. The van der Waals surface area contributed by atoms with E-state index in [0.29, 0.717) is 5.06 Å². The molecule has 2 unspecified atom stereocenters. The van der Waals surface area contributed by atoms with Crippen LogP contribution in [0.1, 0.15) is 27.2 Å². The van der Waals surface area contributed by atoms with Crippen LogP contribution in [0.4, 0.5) is 0 Å². The zero-order valence-electron chi connectivity index (χ0n) is 9.43. The Morgan fingerprint density at radius 1 is 1.50 bits per heavy atom. The minimum atomic E-state index is -3.57. The zero-order chi connectivity index (χ0) is 12.7. The van der Waals surface area contributed by atoms with Gasteiger partial charge in [0.05, 0.1) is 21.8 Å². The Bertz CT molecular complexity index is 420. The molecule has 0 aromatic carbocycles. The largest absolute Gasteiger partial charge is 0.313 e. The first kappa shape index (κ1) is 13.1. The van der Waals surface area contributed by atoms with Gasteiger partial charge in [0.1, 0.15) is 5.25 Å². The van der Waals surface area contributed by atoms with Gasteiger partial charge in [-0.15, -0.1) is 0 Å². The van der Waals surface area contributed by atoms with E-state index in [9.17, 15) is 18.4 Å². The van der Waals surface area contributed by atoms with Crippen LogP contribution < -0.4 is 0 Å². The Hall–Kier alpha value is -0.920. The van der Waals surface area contributed by atoms with Crippen molar-refractivity contribution in [2.45, 2.75) is 38.0 Å². The van der Waals surface area contributed by atoms with Gasteiger partial charge in [-0.25, -0.2) is 4.21 Å². The monoisotopic (exact) mass is 249 g/mol. The molecule has 2 amide bonds. The molecule has 1 heterocycles. The van der Waals surface area contributed by atoms with Crippen LogP contribution in [-0.4, -0.2) is 42.4 Å². The van der Waals surface area contributed by atoms with E-state index in [0.717, 1.165) is 0 Å². The summed E-state index contributed by atoms with van der Waals surface area (Å²) in [6, 6.07) is 0. The third kappa shape index (κ3) is 2.81. The van der Waals surface area contributed by atoms with Crippen molar-refractivity contribution in [1.82, 2.24) is 5.06 Å². The Balaban J connectivity index is 2.93. The predicted octanol–water partition coefficient (Wildman–Crippen LogP) is 0.0334. The average molecular weight is 249 g/mol. The fourth-order valence-electron chi connectivity index (χ4n) is 1.24. The molecule has 1 aliphatic heterocycles. The van der Waals surface area contributed by atoms with Crippen molar-refractivity contribution in [3.63, 3.8) is 0 Å². The van der Waals surface area contributed by atoms with Gasteiger partial charge in [-0.3, -0.25) is 14.4 Å². The van der Waals surface area contributed by atoms with Gasteiger partial charge in [0.15, 0.2) is 0 Å². The molecule has 16 heavy (non-hydrogen) atoms. The van der Waals surface area contributed by atoms with E-state index < -0.39 is 32.5 Å². The maximum absolute atomic E-state index is 11.6. The number of amides is 2. The third-order valence-electron chi connectivity index (χ3n) is 1.87. The molecule has 1 rings (SSSR count). The standard InChI is InChI=1S/C9H15NO5S/c1-9(2,3)15-10-7(11)5-6(8(10)12)16(4,13)14/h6H,4-5H2,1-3H3,(H,13,14). The van der Waals surface area contributed by atoms with Gasteiger partial charge in [0, 0.05) is 0 Å². The summed E-state index contributed by atoms with van der Waals surface area (Å²) in [6.45, 7) is 5.00.